The zero-order valence-corrected chi connectivity index (χ0v) is 11.2. The van der Waals surface area contributed by atoms with Crippen molar-refractivity contribution in [3.63, 3.8) is 0 Å². The normalized spacial score (nSPS) is 21.7. The molecule has 1 N–H and O–H groups in total. The Labute approximate surface area is 108 Å². The smallest absolute Gasteiger partial charge is 0.123 e. The third kappa shape index (κ3) is 2.65. The van der Waals surface area contributed by atoms with Gasteiger partial charge in [-0.25, -0.2) is 4.39 Å². The third-order valence-corrected chi connectivity index (χ3v) is 3.67. The number of benzene rings is 1. The van der Waals surface area contributed by atoms with Crippen LogP contribution in [0.2, 0.25) is 0 Å². The van der Waals surface area contributed by atoms with Crippen molar-refractivity contribution >= 4 is 5.69 Å². The second-order valence-electron chi connectivity index (χ2n) is 5.23. The van der Waals surface area contributed by atoms with Gasteiger partial charge in [-0.05, 0) is 45.6 Å². The first kappa shape index (κ1) is 13.3. The SMILES string of the molecule is C[C@@H](O)c1cc(F)ccc1N1CCC(N(C)C)C1. The lowest BCUT2D eigenvalue weighted by molar-refractivity contribution is 0.199. The summed E-state index contributed by atoms with van der Waals surface area (Å²) in [5, 5.41) is 9.76. The van der Waals surface area contributed by atoms with E-state index in [1.54, 1.807) is 13.0 Å². The Morgan fingerprint density at radius 2 is 2.17 bits per heavy atom. The van der Waals surface area contributed by atoms with E-state index in [2.05, 4.69) is 23.9 Å². The summed E-state index contributed by atoms with van der Waals surface area (Å²) in [6.45, 7) is 3.56. The summed E-state index contributed by atoms with van der Waals surface area (Å²) >= 11 is 0. The maximum absolute atomic E-state index is 13.3. The third-order valence-electron chi connectivity index (χ3n) is 3.67. The Bertz CT molecular complexity index is 420. The zero-order valence-electron chi connectivity index (χ0n) is 11.2. The number of anilines is 1. The largest absolute Gasteiger partial charge is 0.389 e. The molecule has 1 aliphatic heterocycles. The van der Waals surface area contributed by atoms with Crippen molar-refractivity contribution in [3.05, 3.63) is 29.6 Å². The molecule has 2 atom stereocenters. The molecule has 100 valence electrons. The molecule has 1 saturated heterocycles. The molecule has 2 rings (SSSR count). The minimum Gasteiger partial charge on any atom is -0.389 e. The summed E-state index contributed by atoms with van der Waals surface area (Å²) in [4.78, 5) is 4.44. The molecule has 0 aromatic heterocycles. The Morgan fingerprint density at radius 1 is 1.44 bits per heavy atom. The van der Waals surface area contributed by atoms with E-state index in [1.807, 2.05) is 0 Å². The second kappa shape index (κ2) is 5.24. The van der Waals surface area contributed by atoms with E-state index >= 15 is 0 Å². The standard InChI is InChI=1S/C14H21FN2O/c1-10(18)13-8-11(15)4-5-14(13)17-7-6-12(9-17)16(2)3/h4-5,8,10,12,18H,6-7,9H2,1-3H3/t10-,12?/m1/s1. The van der Waals surface area contributed by atoms with E-state index in [0.29, 0.717) is 11.6 Å². The number of halogens is 1. The van der Waals surface area contributed by atoms with E-state index in [1.165, 1.54) is 12.1 Å². The highest BCUT2D eigenvalue weighted by atomic mass is 19.1. The van der Waals surface area contributed by atoms with Gasteiger partial charge in [-0.3, -0.25) is 0 Å². The van der Waals surface area contributed by atoms with Gasteiger partial charge < -0.3 is 14.9 Å². The van der Waals surface area contributed by atoms with E-state index in [0.717, 1.165) is 25.2 Å². The lowest BCUT2D eigenvalue weighted by Gasteiger charge is -2.25. The van der Waals surface area contributed by atoms with E-state index < -0.39 is 6.10 Å². The predicted molar refractivity (Wildman–Crippen MR) is 71.3 cm³/mol. The Balaban J connectivity index is 2.24. The fraction of sp³-hybridized carbons (Fsp3) is 0.571. The minimum atomic E-state index is -0.644. The summed E-state index contributed by atoms with van der Waals surface area (Å²) in [5.74, 6) is -0.294. The van der Waals surface area contributed by atoms with Gasteiger partial charge >= 0.3 is 0 Å². The molecular weight excluding hydrogens is 231 g/mol. The number of aliphatic hydroxyl groups is 1. The molecule has 1 aromatic rings. The molecule has 0 aliphatic carbocycles. The van der Waals surface area contributed by atoms with Crippen LogP contribution < -0.4 is 4.90 Å². The molecule has 1 unspecified atom stereocenters. The summed E-state index contributed by atoms with van der Waals surface area (Å²) in [7, 11) is 4.16. The van der Waals surface area contributed by atoms with Crippen molar-refractivity contribution in [2.45, 2.75) is 25.5 Å². The van der Waals surface area contributed by atoms with Gasteiger partial charge in [0.15, 0.2) is 0 Å². The highest BCUT2D eigenvalue weighted by molar-refractivity contribution is 5.55. The van der Waals surface area contributed by atoms with E-state index in [-0.39, 0.29) is 5.82 Å². The van der Waals surface area contributed by atoms with Crippen LogP contribution in [0.5, 0.6) is 0 Å². The average Bonchev–Trinajstić information content (AvgIpc) is 2.78. The molecule has 1 aromatic carbocycles. The zero-order chi connectivity index (χ0) is 13.3. The number of nitrogens with zero attached hydrogens (tertiary/aromatic N) is 2. The number of hydrogen-bond acceptors (Lipinski definition) is 3. The first-order valence-electron chi connectivity index (χ1n) is 6.38. The topological polar surface area (TPSA) is 26.7 Å². The predicted octanol–water partition coefficient (Wildman–Crippen LogP) is 2.02. The molecule has 3 nitrogen and oxygen atoms in total. The molecule has 1 aliphatic rings. The van der Waals surface area contributed by atoms with Crippen LogP contribution in [0, 0.1) is 5.82 Å². The second-order valence-corrected chi connectivity index (χ2v) is 5.23. The fourth-order valence-electron chi connectivity index (χ4n) is 2.53. The van der Waals surface area contributed by atoms with E-state index in [4.69, 9.17) is 0 Å². The van der Waals surface area contributed by atoms with Gasteiger partial charge in [-0.2, -0.15) is 0 Å². The Hall–Kier alpha value is -1.13. The van der Waals surface area contributed by atoms with Crippen LogP contribution in [0.3, 0.4) is 0 Å². The molecule has 0 radical (unpaired) electrons. The van der Waals surface area contributed by atoms with Crippen LogP contribution in [-0.4, -0.2) is 43.2 Å². The number of rotatable bonds is 3. The molecule has 0 amide bonds. The van der Waals surface area contributed by atoms with Gasteiger partial charge in [0, 0.05) is 30.4 Å². The number of likely N-dealkylation sites (N-methyl/N-ethyl adjacent to an activating group) is 1. The van der Waals surface area contributed by atoms with Crippen LogP contribution in [0.25, 0.3) is 0 Å². The summed E-state index contributed by atoms with van der Waals surface area (Å²) in [6, 6.07) is 5.19. The molecule has 18 heavy (non-hydrogen) atoms. The minimum absolute atomic E-state index is 0.294. The van der Waals surface area contributed by atoms with E-state index in [9.17, 15) is 9.50 Å². The Kier molecular flexibility index (Phi) is 3.88. The summed E-state index contributed by atoms with van der Waals surface area (Å²) < 4.78 is 13.3. The van der Waals surface area contributed by atoms with Crippen molar-refractivity contribution in [1.82, 2.24) is 4.90 Å². The molecule has 0 bridgehead atoms. The quantitative estimate of drug-likeness (QED) is 0.891. The summed E-state index contributed by atoms with van der Waals surface area (Å²) in [5.41, 5.74) is 1.63. The van der Waals surface area contributed by atoms with Crippen LogP contribution in [0.4, 0.5) is 10.1 Å². The molecule has 0 saturated carbocycles. The van der Waals surface area contributed by atoms with Gasteiger partial charge in [-0.15, -0.1) is 0 Å². The van der Waals surface area contributed by atoms with Gasteiger partial charge in [0.05, 0.1) is 6.10 Å². The molecule has 4 heteroatoms. The van der Waals surface area contributed by atoms with Gasteiger partial charge in [0.2, 0.25) is 0 Å². The summed E-state index contributed by atoms with van der Waals surface area (Å²) in [6.07, 6.45) is 0.456. The first-order valence-corrected chi connectivity index (χ1v) is 6.38. The molecule has 1 fully saturated rings. The van der Waals surface area contributed by atoms with Crippen molar-refractivity contribution in [2.75, 3.05) is 32.1 Å². The van der Waals surface area contributed by atoms with Crippen molar-refractivity contribution in [1.29, 1.82) is 0 Å². The van der Waals surface area contributed by atoms with Crippen molar-refractivity contribution in [2.24, 2.45) is 0 Å². The molecule has 1 heterocycles. The van der Waals surface area contributed by atoms with Gasteiger partial charge in [0.25, 0.3) is 0 Å². The molecular formula is C14H21FN2O. The maximum Gasteiger partial charge on any atom is 0.123 e. The first-order chi connectivity index (χ1) is 8.49. The monoisotopic (exact) mass is 252 g/mol. The van der Waals surface area contributed by atoms with Gasteiger partial charge in [0.1, 0.15) is 5.82 Å². The number of aliphatic hydroxyl groups excluding tert-OH is 1. The lowest BCUT2D eigenvalue weighted by atomic mass is 10.1. The number of hydrogen-bond donors (Lipinski definition) is 1. The maximum atomic E-state index is 13.3. The van der Waals surface area contributed by atoms with Crippen LogP contribution in [0.1, 0.15) is 25.0 Å². The average molecular weight is 252 g/mol. The van der Waals surface area contributed by atoms with Gasteiger partial charge in [-0.1, -0.05) is 0 Å². The highest BCUT2D eigenvalue weighted by Gasteiger charge is 2.26. The lowest BCUT2D eigenvalue weighted by Crippen LogP contribution is -2.31. The Morgan fingerprint density at radius 3 is 2.72 bits per heavy atom. The highest BCUT2D eigenvalue weighted by Crippen LogP contribution is 2.30. The van der Waals surface area contributed by atoms with Crippen LogP contribution in [-0.2, 0) is 0 Å². The van der Waals surface area contributed by atoms with Crippen molar-refractivity contribution in [3.8, 4) is 0 Å². The van der Waals surface area contributed by atoms with Crippen LogP contribution >= 0.6 is 0 Å². The fourth-order valence-corrected chi connectivity index (χ4v) is 2.53. The van der Waals surface area contributed by atoms with Crippen LogP contribution in [0.15, 0.2) is 18.2 Å². The van der Waals surface area contributed by atoms with Crippen molar-refractivity contribution < 1.29 is 9.50 Å². The molecule has 0 spiro atoms.